The fraction of sp³-hybridized carbons (Fsp3) is 0.571. The van der Waals surface area contributed by atoms with E-state index in [1.807, 2.05) is 0 Å². The second-order valence-corrected chi connectivity index (χ2v) is 5.83. The van der Waals surface area contributed by atoms with Gasteiger partial charge in [0.05, 0.1) is 26.4 Å². The Kier molecular flexibility index (Phi) is 12.9. The first-order chi connectivity index (χ1) is 13.8. The number of ether oxygens (including phenoxy) is 4. The lowest BCUT2D eigenvalue weighted by Gasteiger charge is -2.27. The van der Waals surface area contributed by atoms with E-state index in [2.05, 4.69) is 6.58 Å². The highest BCUT2D eigenvalue weighted by Gasteiger charge is 2.46. The molecule has 0 unspecified atom stereocenters. The molecule has 0 aliphatic heterocycles. The minimum absolute atomic E-state index is 0.0134. The number of rotatable bonds is 14. The third kappa shape index (κ3) is 8.01. The predicted octanol–water partition coefficient (Wildman–Crippen LogP) is 3.38. The maximum absolute atomic E-state index is 12.5. The summed E-state index contributed by atoms with van der Waals surface area (Å²) < 4.78 is 20.1. The smallest absolute Gasteiger partial charge is 0.341 e. The normalized spacial score (nSPS) is 12.1. The molecule has 0 radical (unpaired) electrons. The zero-order valence-corrected chi connectivity index (χ0v) is 17.7. The molecular formula is C21H32O8. The van der Waals surface area contributed by atoms with E-state index in [0.29, 0.717) is 0 Å². The number of aliphatic hydroxyl groups is 1. The van der Waals surface area contributed by atoms with Gasteiger partial charge in [-0.3, -0.25) is 9.59 Å². The van der Waals surface area contributed by atoms with Crippen molar-refractivity contribution in [1.29, 1.82) is 0 Å². The van der Waals surface area contributed by atoms with Crippen molar-refractivity contribution in [2.24, 2.45) is 5.41 Å². The van der Waals surface area contributed by atoms with Crippen molar-refractivity contribution < 1.29 is 38.4 Å². The van der Waals surface area contributed by atoms with Crippen LogP contribution in [0, 0.1) is 5.41 Å². The van der Waals surface area contributed by atoms with Crippen molar-refractivity contribution in [3.8, 4) is 0 Å². The van der Waals surface area contributed by atoms with Gasteiger partial charge < -0.3 is 24.1 Å². The van der Waals surface area contributed by atoms with Crippen LogP contribution in [0.3, 0.4) is 0 Å². The summed E-state index contributed by atoms with van der Waals surface area (Å²) in [6, 6.07) is 0. The van der Waals surface area contributed by atoms with E-state index >= 15 is 0 Å². The van der Waals surface area contributed by atoms with Crippen LogP contribution in [0.1, 0.15) is 47.0 Å². The van der Waals surface area contributed by atoms with E-state index in [9.17, 15) is 19.5 Å². The topological polar surface area (TPSA) is 108 Å². The van der Waals surface area contributed by atoms with Crippen LogP contribution in [-0.2, 0) is 33.3 Å². The molecule has 29 heavy (non-hydrogen) atoms. The molecule has 0 aliphatic rings. The Morgan fingerprint density at radius 1 is 0.828 bits per heavy atom. The third-order valence-corrected chi connectivity index (χ3v) is 3.84. The van der Waals surface area contributed by atoms with Crippen molar-refractivity contribution >= 4 is 17.9 Å². The molecule has 8 nitrogen and oxygen atoms in total. The van der Waals surface area contributed by atoms with Gasteiger partial charge in [-0.1, -0.05) is 18.2 Å². The fourth-order valence-electron chi connectivity index (χ4n) is 2.47. The molecule has 0 aromatic carbocycles. The zero-order chi connectivity index (χ0) is 22.3. The van der Waals surface area contributed by atoms with E-state index in [1.165, 1.54) is 12.2 Å². The average molecular weight is 412 g/mol. The van der Waals surface area contributed by atoms with E-state index in [0.717, 1.165) is 0 Å². The van der Waals surface area contributed by atoms with Crippen LogP contribution in [0.2, 0.25) is 0 Å². The molecular weight excluding hydrogens is 380 g/mol. The van der Waals surface area contributed by atoms with Gasteiger partial charge in [-0.25, -0.2) is 4.79 Å². The molecule has 0 bridgehead atoms. The monoisotopic (exact) mass is 412 g/mol. The number of aliphatic hydroxyl groups excluding tert-OH is 1. The largest absolute Gasteiger partial charge is 0.481 e. The number of allylic oxidation sites excluding steroid dienone is 3. The fourth-order valence-corrected chi connectivity index (χ4v) is 2.47. The molecule has 8 heteroatoms. The molecule has 0 saturated carbocycles. The molecule has 0 aromatic rings. The van der Waals surface area contributed by atoms with Crippen LogP contribution >= 0.6 is 0 Å². The summed E-state index contributed by atoms with van der Waals surface area (Å²) in [5.74, 6) is -2.65. The predicted molar refractivity (Wildman–Crippen MR) is 107 cm³/mol. The summed E-state index contributed by atoms with van der Waals surface area (Å²) in [6.45, 7) is 10.7. The number of esters is 3. The molecule has 0 spiro atoms. The van der Waals surface area contributed by atoms with Gasteiger partial charge in [-0.2, -0.15) is 0 Å². The molecule has 164 valence electrons. The standard InChI is InChI=1S/C21H32O8/c1-6-14-21(19(24)28-9-4,20(25)29-10-5)15-12-11-13-16(17(22)26-7-2)18(23)27-8-3/h6,11-12,22H,1,7-10,13-15H2,2-5H3/b12-11+,17-16+. The SMILES string of the molecule is C=CCC(C/C=C/C/C(C(=O)OCC)=C(/O)OCC)(C(=O)OCC)C(=O)OCC. The molecule has 0 saturated heterocycles. The minimum Gasteiger partial charge on any atom is -0.481 e. The quantitative estimate of drug-likeness (QED) is 0.115. The van der Waals surface area contributed by atoms with Crippen LogP contribution in [0.15, 0.2) is 36.3 Å². The molecule has 0 aliphatic carbocycles. The summed E-state index contributed by atoms with van der Waals surface area (Å²) >= 11 is 0. The number of carbonyl (C=O) groups excluding carboxylic acids is 3. The van der Waals surface area contributed by atoms with Crippen molar-refractivity contribution in [2.45, 2.75) is 47.0 Å². The van der Waals surface area contributed by atoms with Crippen molar-refractivity contribution in [3.63, 3.8) is 0 Å². The van der Waals surface area contributed by atoms with Gasteiger partial charge in [0, 0.05) is 6.42 Å². The lowest BCUT2D eigenvalue weighted by molar-refractivity contribution is -0.171. The van der Waals surface area contributed by atoms with Crippen LogP contribution in [0.5, 0.6) is 0 Å². The number of hydrogen-bond donors (Lipinski definition) is 1. The summed E-state index contributed by atoms with van der Waals surface area (Å²) in [7, 11) is 0. The second-order valence-electron chi connectivity index (χ2n) is 5.83. The highest BCUT2D eigenvalue weighted by molar-refractivity contribution is 6.00. The zero-order valence-electron chi connectivity index (χ0n) is 17.7. The molecule has 0 aromatic heterocycles. The maximum atomic E-state index is 12.5. The van der Waals surface area contributed by atoms with E-state index in [4.69, 9.17) is 18.9 Å². The molecule has 0 amide bonds. The number of hydrogen-bond acceptors (Lipinski definition) is 8. The Balaban J connectivity index is 5.63. The molecule has 0 heterocycles. The van der Waals surface area contributed by atoms with E-state index in [-0.39, 0.29) is 51.3 Å². The van der Waals surface area contributed by atoms with Crippen LogP contribution in [0.25, 0.3) is 0 Å². The second kappa shape index (κ2) is 14.3. The highest BCUT2D eigenvalue weighted by Crippen LogP contribution is 2.32. The summed E-state index contributed by atoms with van der Waals surface area (Å²) in [5, 5.41) is 9.93. The summed E-state index contributed by atoms with van der Waals surface area (Å²) in [4.78, 5) is 37.1. The molecule has 0 rings (SSSR count). The Morgan fingerprint density at radius 2 is 1.34 bits per heavy atom. The van der Waals surface area contributed by atoms with Gasteiger partial charge in [0.2, 0.25) is 0 Å². The van der Waals surface area contributed by atoms with Crippen molar-refractivity contribution in [1.82, 2.24) is 0 Å². The van der Waals surface area contributed by atoms with Crippen molar-refractivity contribution in [2.75, 3.05) is 26.4 Å². The van der Waals surface area contributed by atoms with Gasteiger partial charge in [0.1, 0.15) is 5.57 Å². The Bertz CT molecular complexity index is 600. The lowest BCUT2D eigenvalue weighted by Crippen LogP contribution is -2.41. The van der Waals surface area contributed by atoms with E-state index < -0.39 is 29.3 Å². The molecule has 0 fully saturated rings. The first kappa shape index (κ1) is 26.2. The Labute approximate surface area is 172 Å². The maximum Gasteiger partial charge on any atom is 0.341 e. The summed E-state index contributed by atoms with van der Waals surface area (Å²) in [5.41, 5.74) is -1.63. The lowest BCUT2D eigenvalue weighted by atomic mass is 9.80. The van der Waals surface area contributed by atoms with Crippen LogP contribution in [-0.4, -0.2) is 49.4 Å². The van der Waals surface area contributed by atoms with Crippen LogP contribution in [0.4, 0.5) is 0 Å². The first-order valence-corrected chi connectivity index (χ1v) is 9.66. The first-order valence-electron chi connectivity index (χ1n) is 9.66. The van der Waals surface area contributed by atoms with Gasteiger partial charge in [-0.15, -0.1) is 6.58 Å². The molecule has 0 atom stereocenters. The third-order valence-electron chi connectivity index (χ3n) is 3.84. The Hall–Kier alpha value is -2.77. The van der Waals surface area contributed by atoms with Gasteiger partial charge in [-0.05, 0) is 40.5 Å². The number of carbonyl (C=O) groups is 3. The van der Waals surface area contributed by atoms with Crippen LogP contribution < -0.4 is 0 Å². The van der Waals surface area contributed by atoms with Crippen molar-refractivity contribution in [3.05, 3.63) is 36.3 Å². The van der Waals surface area contributed by atoms with Gasteiger partial charge in [0.15, 0.2) is 5.41 Å². The van der Waals surface area contributed by atoms with Gasteiger partial charge >= 0.3 is 17.9 Å². The van der Waals surface area contributed by atoms with E-state index in [1.54, 1.807) is 33.8 Å². The molecule has 1 N–H and O–H groups in total. The highest BCUT2D eigenvalue weighted by atomic mass is 16.6. The Morgan fingerprint density at radius 3 is 1.79 bits per heavy atom. The average Bonchev–Trinajstić information content (AvgIpc) is 2.67. The minimum atomic E-state index is -1.57. The van der Waals surface area contributed by atoms with Gasteiger partial charge in [0.25, 0.3) is 5.95 Å². The summed E-state index contributed by atoms with van der Waals surface area (Å²) in [6.07, 6.45) is 4.53.